The van der Waals surface area contributed by atoms with E-state index in [4.69, 9.17) is 21.0 Å². The minimum absolute atomic E-state index is 0. The van der Waals surface area contributed by atoms with Gasteiger partial charge in [-0.3, -0.25) is 0 Å². The van der Waals surface area contributed by atoms with Crippen LogP contribution in [-0.4, -0.2) is 0 Å². The Morgan fingerprint density at radius 3 is 1.74 bits per heavy atom. The lowest BCUT2D eigenvalue weighted by Gasteiger charge is -2.12. The number of hydrogen-bond donors (Lipinski definition) is 0. The second-order valence-corrected chi connectivity index (χ2v) is 3.90. The van der Waals surface area contributed by atoms with Gasteiger partial charge in [-0.15, -0.1) is 0 Å². The van der Waals surface area contributed by atoms with Crippen LogP contribution in [0.1, 0.15) is 40.5 Å². The fourth-order valence-electron chi connectivity index (χ4n) is 1.34. The van der Waals surface area contributed by atoms with Gasteiger partial charge in [0.15, 0.2) is 0 Å². The van der Waals surface area contributed by atoms with Crippen molar-refractivity contribution in [1.82, 2.24) is 0 Å². The lowest BCUT2D eigenvalue weighted by Crippen LogP contribution is -2.08. The van der Waals surface area contributed by atoms with E-state index >= 15 is 0 Å². The molecule has 0 saturated carbocycles. The van der Waals surface area contributed by atoms with Crippen molar-refractivity contribution in [3.63, 3.8) is 0 Å². The first-order chi connectivity index (χ1) is 8.59. The van der Waals surface area contributed by atoms with E-state index in [1.807, 2.05) is 6.92 Å². The third-order valence-electron chi connectivity index (χ3n) is 2.38. The monoisotopic (exact) mass is 258 g/mol. The minimum Gasteiger partial charge on any atom is -0.198 e. The lowest BCUT2D eigenvalue weighted by molar-refractivity contribution is 0.432. The summed E-state index contributed by atoms with van der Waals surface area (Å²) in [5.41, 5.74) is 0. The zero-order chi connectivity index (χ0) is 14.4. The topological polar surface area (TPSA) is 95.2 Å². The molecule has 0 aromatic rings. The zero-order valence-electron chi connectivity index (χ0n) is 10.9. The van der Waals surface area contributed by atoms with Crippen molar-refractivity contribution in [3.8, 4) is 24.3 Å². The average molecular weight is 258 g/mol. The number of rotatable bonds is 5. The molecule has 0 N–H and O–H groups in total. The van der Waals surface area contributed by atoms with Crippen LogP contribution in [0.4, 0.5) is 0 Å². The van der Waals surface area contributed by atoms with Crippen LogP contribution in [0.3, 0.4) is 0 Å². The maximum Gasteiger partial charge on any atom is 0.0905 e. The molecule has 0 amide bonds. The molecule has 0 aliphatic carbocycles. The summed E-state index contributed by atoms with van der Waals surface area (Å²) in [5, 5.41) is 33.7. The van der Waals surface area contributed by atoms with E-state index in [1.165, 1.54) is 6.08 Å². The SMILES string of the molecule is C.C=CC#N.CCC(C#N)CC(C#N)CC(C)C#N. The van der Waals surface area contributed by atoms with Crippen LogP contribution >= 0.6 is 0 Å². The van der Waals surface area contributed by atoms with Crippen molar-refractivity contribution in [1.29, 1.82) is 21.0 Å². The molecule has 102 valence electrons. The number of nitrogens with zero attached hydrogens (tertiary/aromatic N) is 4. The molecule has 0 aliphatic rings. The molecular formula is C15H22N4. The third-order valence-corrected chi connectivity index (χ3v) is 2.38. The summed E-state index contributed by atoms with van der Waals surface area (Å²) in [7, 11) is 0. The van der Waals surface area contributed by atoms with E-state index in [0.717, 1.165) is 6.42 Å². The van der Waals surface area contributed by atoms with E-state index in [-0.39, 0.29) is 25.2 Å². The van der Waals surface area contributed by atoms with Crippen LogP contribution in [0.25, 0.3) is 0 Å². The van der Waals surface area contributed by atoms with Crippen molar-refractivity contribution in [3.05, 3.63) is 12.7 Å². The molecule has 3 unspecified atom stereocenters. The van der Waals surface area contributed by atoms with Crippen LogP contribution in [0, 0.1) is 63.1 Å². The molecule has 0 spiro atoms. The van der Waals surface area contributed by atoms with Gasteiger partial charge in [0.05, 0.1) is 24.3 Å². The molecule has 0 radical (unpaired) electrons. The van der Waals surface area contributed by atoms with Gasteiger partial charge in [0, 0.05) is 23.8 Å². The Labute approximate surface area is 117 Å². The number of allylic oxidation sites excluding steroid dienone is 1. The summed E-state index contributed by atoms with van der Waals surface area (Å²) >= 11 is 0. The molecule has 0 aliphatic heterocycles. The Bertz CT molecular complexity index is 386. The Kier molecular flexibility index (Phi) is 18.1. The molecule has 0 bridgehead atoms. The summed E-state index contributed by atoms with van der Waals surface area (Å²) in [5.74, 6) is -0.310. The van der Waals surface area contributed by atoms with E-state index in [2.05, 4.69) is 24.8 Å². The molecule has 0 rings (SSSR count). The van der Waals surface area contributed by atoms with Crippen LogP contribution in [-0.2, 0) is 0 Å². The lowest BCUT2D eigenvalue weighted by atomic mass is 9.88. The van der Waals surface area contributed by atoms with Gasteiger partial charge in [-0.2, -0.15) is 21.0 Å². The largest absolute Gasteiger partial charge is 0.198 e. The van der Waals surface area contributed by atoms with Gasteiger partial charge < -0.3 is 0 Å². The first-order valence-corrected chi connectivity index (χ1v) is 5.78. The highest BCUT2D eigenvalue weighted by atomic mass is 14.3. The van der Waals surface area contributed by atoms with Crippen molar-refractivity contribution < 1.29 is 0 Å². The standard InChI is InChI=1S/C11H15N3.C3H3N.CH4/c1-3-10(7-13)5-11(8-14)4-9(2)6-12;1-2-3-4;/h9-11H,3-5H2,1-2H3;2H,1H2;1H4. The molecule has 0 aromatic heterocycles. The first-order valence-electron chi connectivity index (χ1n) is 5.78. The predicted molar refractivity (Wildman–Crippen MR) is 75.0 cm³/mol. The van der Waals surface area contributed by atoms with E-state index < -0.39 is 0 Å². The highest BCUT2D eigenvalue weighted by Crippen LogP contribution is 2.20. The molecule has 3 atom stereocenters. The first kappa shape index (κ1) is 21.9. The summed E-state index contributed by atoms with van der Waals surface area (Å²) < 4.78 is 0. The quantitative estimate of drug-likeness (QED) is 0.697. The Hall–Kier alpha value is -2.30. The normalized spacial score (nSPS) is 12.3. The van der Waals surface area contributed by atoms with Crippen molar-refractivity contribution >= 4 is 0 Å². The van der Waals surface area contributed by atoms with Gasteiger partial charge in [-0.05, 0) is 26.2 Å². The highest BCUT2D eigenvalue weighted by Gasteiger charge is 2.16. The average Bonchev–Trinajstić information content (AvgIpc) is 2.43. The molecule has 0 heterocycles. The Morgan fingerprint density at radius 2 is 1.47 bits per heavy atom. The summed E-state index contributed by atoms with van der Waals surface area (Å²) in [6, 6.07) is 8.14. The smallest absolute Gasteiger partial charge is 0.0905 e. The molecule has 0 saturated heterocycles. The van der Waals surface area contributed by atoms with Crippen LogP contribution < -0.4 is 0 Å². The van der Waals surface area contributed by atoms with E-state index in [9.17, 15) is 0 Å². The van der Waals surface area contributed by atoms with Gasteiger partial charge in [0.25, 0.3) is 0 Å². The second kappa shape index (κ2) is 15.7. The van der Waals surface area contributed by atoms with Crippen LogP contribution in [0.15, 0.2) is 12.7 Å². The van der Waals surface area contributed by atoms with Crippen molar-refractivity contribution in [2.75, 3.05) is 0 Å². The highest BCUT2D eigenvalue weighted by molar-refractivity contribution is 4.94. The van der Waals surface area contributed by atoms with Gasteiger partial charge in [-0.25, -0.2) is 0 Å². The fourth-order valence-corrected chi connectivity index (χ4v) is 1.34. The molecule has 4 nitrogen and oxygen atoms in total. The van der Waals surface area contributed by atoms with Crippen molar-refractivity contribution in [2.45, 2.75) is 40.5 Å². The number of hydrogen-bond acceptors (Lipinski definition) is 4. The maximum absolute atomic E-state index is 8.84. The Morgan fingerprint density at radius 1 is 1.00 bits per heavy atom. The predicted octanol–water partition coefficient (Wildman–Crippen LogP) is 3.95. The van der Waals surface area contributed by atoms with E-state index in [0.29, 0.717) is 12.8 Å². The van der Waals surface area contributed by atoms with Gasteiger partial charge in [-0.1, -0.05) is 20.9 Å². The molecular weight excluding hydrogens is 236 g/mol. The Balaban J connectivity index is -0.000000448. The van der Waals surface area contributed by atoms with E-state index in [1.54, 1.807) is 13.0 Å². The second-order valence-electron chi connectivity index (χ2n) is 3.90. The minimum atomic E-state index is -0.158. The van der Waals surface area contributed by atoms with Gasteiger partial charge >= 0.3 is 0 Å². The van der Waals surface area contributed by atoms with Crippen LogP contribution in [0.2, 0.25) is 0 Å². The number of nitriles is 4. The van der Waals surface area contributed by atoms with Crippen molar-refractivity contribution in [2.24, 2.45) is 17.8 Å². The van der Waals surface area contributed by atoms with Gasteiger partial charge in [0.2, 0.25) is 0 Å². The fraction of sp³-hybridized carbons (Fsp3) is 0.600. The maximum atomic E-state index is 8.84. The molecule has 0 fully saturated rings. The summed E-state index contributed by atoms with van der Waals surface area (Å²) in [4.78, 5) is 0. The molecule has 4 heteroatoms. The summed E-state index contributed by atoms with van der Waals surface area (Å²) in [6.45, 7) is 6.86. The zero-order valence-corrected chi connectivity index (χ0v) is 10.9. The summed E-state index contributed by atoms with van der Waals surface area (Å²) in [6.07, 6.45) is 3.12. The third kappa shape index (κ3) is 13.6. The molecule has 0 aromatic carbocycles. The molecule has 19 heavy (non-hydrogen) atoms. The van der Waals surface area contributed by atoms with Gasteiger partial charge in [0.1, 0.15) is 0 Å². The van der Waals surface area contributed by atoms with Crippen LogP contribution in [0.5, 0.6) is 0 Å².